The van der Waals surface area contributed by atoms with Crippen LogP contribution in [0.2, 0.25) is 0 Å². The van der Waals surface area contributed by atoms with Gasteiger partial charge >= 0.3 is 0 Å². The van der Waals surface area contributed by atoms with Crippen molar-refractivity contribution in [1.29, 1.82) is 5.26 Å². The van der Waals surface area contributed by atoms with E-state index in [2.05, 4.69) is 10.2 Å². The molecular weight excluding hydrogens is 210 g/mol. The van der Waals surface area contributed by atoms with Crippen molar-refractivity contribution in [2.24, 2.45) is 0 Å². The van der Waals surface area contributed by atoms with Gasteiger partial charge in [-0.15, -0.1) is 12.4 Å². The number of nitriles is 1. The summed E-state index contributed by atoms with van der Waals surface area (Å²) in [5.74, 6) is 0. The molecule has 76 valence electrons. The molecule has 15 heavy (non-hydrogen) atoms. The molecule has 0 spiro atoms. The van der Waals surface area contributed by atoms with Crippen LogP contribution in [0.3, 0.4) is 0 Å². The van der Waals surface area contributed by atoms with Crippen molar-refractivity contribution in [2.75, 3.05) is 0 Å². The molecule has 2 aromatic rings. The summed E-state index contributed by atoms with van der Waals surface area (Å²) in [7, 11) is 0. The topological polar surface area (TPSA) is 52.5 Å². The highest BCUT2D eigenvalue weighted by Crippen LogP contribution is 2.17. The molecule has 2 rings (SSSR count). The largest absolute Gasteiger partial charge is 0.277 e. The minimum absolute atomic E-state index is 0. The molecule has 4 heteroatoms. The Hall–Kier alpha value is -1.79. The maximum atomic E-state index is 8.61. The van der Waals surface area contributed by atoms with Crippen LogP contribution < -0.4 is 0 Å². The number of H-pyrrole nitrogens is 1. The molecule has 0 amide bonds. The number of hydrogen-bond acceptors (Lipinski definition) is 2. The lowest BCUT2D eigenvalue weighted by atomic mass is 10.1. The van der Waals surface area contributed by atoms with Crippen LogP contribution in [0.1, 0.15) is 11.3 Å². The van der Waals surface area contributed by atoms with E-state index >= 15 is 0 Å². The number of aryl methyl sites for hydroxylation is 1. The van der Waals surface area contributed by atoms with E-state index in [1.807, 2.05) is 37.3 Å². The van der Waals surface area contributed by atoms with Crippen LogP contribution in [0.5, 0.6) is 0 Å². The van der Waals surface area contributed by atoms with E-state index in [9.17, 15) is 0 Å². The van der Waals surface area contributed by atoms with Crippen molar-refractivity contribution in [1.82, 2.24) is 10.2 Å². The maximum Gasteiger partial charge on any atom is 0.162 e. The minimum Gasteiger partial charge on any atom is -0.277 e. The van der Waals surface area contributed by atoms with Crippen molar-refractivity contribution >= 4 is 12.4 Å². The molecule has 1 heterocycles. The van der Waals surface area contributed by atoms with Crippen LogP contribution in [-0.2, 0) is 0 Å². The van der Waals surface area contributed by atoms with Gasteiger partial charge in [-0.2, -0.15) is 10.4 Å². The molecule has 0 bridgehead atoms. The fourth-order valence-electron chi connectivity index (χ4n) is 1.26. The molecule has 1 N–H and O–H groups in total. The van der Waals surface area contributed by atoms with E-state index in [1.165, 1.54) is 5.56 Å². The van der Waals surface area contributed by atoms with Gasteiger partial charge in [0.1, 0.15) is 6.07 Å². The highest BCUT2D eigenvalue weighted by molar-refractivity contribution is 5.85. The van der Waals surface area contributed by atoms with E-state index < -0.39 is 0 Å². The number of aromatic amines is 1. The third-order valence-electron chi connectivity index (χ3n) is 2.05. The quantitative estimate of drug-likeness (QED) is 0.802. The Balaban J connectivity index is 0.00000112. The molecule has 0 aliphatic carbocycles. The molecule has 0 saturated carbocycles. The van der Waals surface area contributed by atoms with Crippen LogP contribution in [-0.4, -0.2) is 10.2 Å². The van der Waals surface area contributed by atoms with Crippen LogP contribution in [0.4, 0.5) is 0 Å². The van der Waals surface area contributed by atoms with Gasteiger partial charge in [0.15, 0.2) is 5.69 Å². The first-order valence-corrected chi connectivity index (χ1v) is 4.32. The Labute approximate surface area is 94.2 Å². The van der Waals surface area contributed by atoms with Crippen molar-refractivity contribution < 1.29 is 0 Å². The molecule has 0 aliphatic heterocycles. The zero-order valence-electron chi connectivity index (χ0n) is 8.19. The van der Waals surface area contributed by atoms with Gasteiger partial charge in [-0.1, -0.05) is 29.8 Å². The average Bonchev–Trinajstić information content (AvgIpc) is 2.67. The van der Waals surface area contributed by atoms with Gasteiger partial charge in [-0.3, -0.25) is 5.10 Å². The van der Waals surface area contributed by atoms with Gasteiger partial charge in [0.25, 0.3) is 0 Å². The van der Waals surface area contributed by atoms with Crippen LogP contribution in [0, 0.1) is 18.3 Å². The van der Waals surface area contributed by atoms with E-state index in [4.69, 9.17) is 5.26 Å². The second-order valence-electron chi connectivity index (χ2n) is 3.14. The highest BCUT2D eigenvalue weighted by Gasteiger charge is 2.01. The number of benzene rings is 1. The van der Waals surface area contributed by atoms with Crippen molar-refractivity contribution in [3.8, 4) is 17.3 Å². The second-order valence-corrected chi connectivity index (χ2v) is 3.14. The fraction of sp³-hybridized carbons (Fsp3) is 0.0909. The Bertz CT molecular complexity index is 479. The summed E-state index contributed by atoms with van der Waals surface area (Å²) in [6, 6.07) is 11.8. The molecule has 1 aromatic carbocycles. The van der Waals surface area contributed by atoms with Gasteiger partial charge < -0.3 is 0 Å². The summed E-state index contributed by atoms with van der Waals surface area (Å²) < 4.78 is 0. The molecule has 0 unspecified atom stereocenters. The van der Waals surface area contributed by atoms with Gasteiger partial charge in [-0.25, -0.2) is 0 Å². The lowest BCUT2D eigenvalue weighted by Crippen LogP contribution is -1.77. The first-order chi connectivity index (χ1) is 6.79. The molecule has 1 aromatic heterocycles. The van der Waals surface area contributed by atoms with Gasteiger partial charge in [0, 0.05) is 6.07 Å². The predicted octanol–water partition coefficient (Wildman–Crippen LogP) is 2.68. The Morgan fingerprint density at radius 2 is 1.93 bits per heavy atom. The Kier molecular flexibility index (Phi) is 3.48. The summed E-state index contributed by atoms with van der Waals surface area (Å²) in [6.45, 7) is 2.04. The third-order valence-corrected chi connectivity index (χ3v) is 2.05. The van der Waals surface area contributed by atoms with Gasteiger partial charge in [0.2, 0.25) is 0 Å². The number of halogens is 1. The third kappa shape index (κ3) is 2.36. The summed E-state index contributed by atoms with van der Waals surface area (Å²) in [5, 5.41) is 15.3. The zero-order valence-corrected chi connectivity index (χ0v) is 9.01. The van der Waals surface area contributed by atoms with Gasteiger partial charge in [0.05, 0.1) is 5.69 Å². The number of hydrogen-bond donors (Lipinski definition) is 1. The summed E-state index contributed by atoms with van der Waals surface area (Å²) in [4.78, 5) is 0. The minimum atomic E-state index is 0. The summed E-state index contributed by atoms with van der Waals surface area (Å²) >= 11 is 0. The van der Waals surface area contributed by atoms with E-state index in [0.29, 0.717) is 5.69 Å². The molecule has 0 fully saturated rings. The summed E-state index contributed by atoms with van der Waals surface area (Å²) in [5.41, 5.74) is 3.56. The van der Waals surface area contributed by atoms with E-state index in [1.54, 1.807) is 6.07 Å². The fourth-order valence-corrected chi connectivity index (χ4v) is 1.26. The monoisotopic (exact) mass is 219 g/mol. The zero-order chi connectivity index (χ0) is 9.97. The first kappa shape index (κ1) is 11.3. The van der Waals surface area contributed by atoms with Crippen molar-refractivity contribution in [3.63, 3.8) is 0 Å². The lowest BCUT2D eigenvalue weighted by Gasteiger charge is -1.96. The SMILES string of the molecule is Cc1ccc(-c2cc(C#N)n[nH]2)cc1.Cl. The van der Waals surface area contributed by atoms with Gasteiger partial charge in [-0.05, 0) is 12.5 Å². The first-order valence-electron chi connectivity index (χ1n) is 4.32. The second kappa shape index (κ2) is 4.63. The normalized spacial score (nSPS) is 9.07. The smallest absolute Gasteiger partial charge is 0.162 e. The van der Waals surface area contributed by atoms with E-state index in [-0.39, 0.29) is 12.4 Å². The Morgan fingerprint density at radius 1 is 1.27 bits per heavy atom. The molecule has 0 saturated heterocycles. The highest BCUT2D eigenvalue weighted by atomic mass is 35.5. The predicted molar refractivity (Wildman–Crippen MR) is 60.7 cm³/mol. The van der Waals surface area contributed by atoms with Crippen LogP contribution in [0.25, 0.3) is 11.3 Å². The average molecular weight is 220 g/mol. The number of aromatic nitrogens is 2. The Morgan fingerprint density at radius 3 is 2.47 bits per heavy atom. The molecular formula is C11H10ClN3. The van der Waals surface area contributed by atoms with Crippen molar-refractivity contribution in [3.05, 3.63) is 41.6 Å². The van der Waals surface area contributed by atoms with Crippen molar-refractivity contribution in [2.45, 2.75) is 6.92 Å². The molecule has 0 aliphatic rings. The number of rotatable bonds is 1. The van der Waals surface area contributed by atoms with E-state index in [0.717, 1.165) is 11.3 Å². The number of nitrogens with zero attached hydrogens (tertiary/aromatic N) is 2. The molecule has 3 nitrogen and oxygen atoms in total. The lowest BCUT2D eigenvalue weighted by molar-refractivity contribution is 1.08. The maximum absolute atomic E-state index is 8.61. The molecule has 0 radical (unpaired) electrons. The standard InChI is InChI=1S/C11H9N3.ClH/c1-8-2-4-9(5-3-8)11-6-10(7-12)13-14-11;/h2-6H,1H3,(H,13,14);1H. The summed E-state index contributed by atoms with van der Waals surface area (Å²) in [6.07, 6.45) is 0. The number of nitrogens with one attached hydrogen (secondary N) is 1. The molecule has 0 atom stereocenters. The van der Waals surface area contributed by atoms with Crippen LogP contribution in [0.15, 0.2) is 30.3 Å². The van der Waals surface area contributed by atoms with Crippen LogP contribution >= 0.6 is 12.4 Å².